The van der Waals surface area contributed by atoms with Crippen molar-refractivity contribution in [2.75, 3.05) is 31.1 Å². The minimum Gasteiger partial charge on any atom is -0.372 e. The molecule has 3 N–H and O–H groups in total. The Bertz CT molecular complexity index is 1260. The van der Waals surface area contributed by atoms with Gasteiger partial charge in [-0.3, -0.25) is 4.79 Å². The highest BCUT2D eigenvalue weighted by Crippen LogP contribution is 2.28. The summed E-state index contributed by atoms with van der Waals surface area (Å²) >= 11 is 12.7. The number of anilines is 1. The number of amides is 1. The molecule has 0 fully saturated rings. The molecule has 2 aromatic carbocycles. The van der Waals surface area contributed by atoms with E-state index in [1.54, 1.807) is 0 Å². The summed E-state index contributed by atoms with van der Waals surface area (Å²) in [5.74, 6) is 1.12. The van der Waals surface area contributed by atoms with Crippen LogP contribution in [0.4, 0.5) is 5.69 Å². The summed E-state index contributed by atoms with van der Waals surface area (Å²) in [4.78, 5) is 14.2. The van der Waals surface area contributed by atoms with Crippen LogP contribution in [0.2, 0.25) is 10.0 Å². The van der Waals surface area contributed by atoms with E-state index in [-0.39, 0.29) is 5.91 Å². The number of benzene rings is 2. The quantitative estimate of drug-likeness (QED) is 0.146. The number of hydrogen-bond donors (Lipinski definition) is 2. The number of nitrogens with one attached hydrogen (secondary N) is 1. The van der Waals surface area contributed by atoms with Crippen LogP contribution in [0.3, 0.4) is 0 Å². The molecule has 1 heterocycles. The first-order chi connectivity index (χ1) is 18.4. The van der Waals surface area contributed by atoms with Crippen LogP contribution in [-0.4, -0.2) is 36.7 Å². The highest BCUT2D eigenvalue weighted by molar-refractivity contribution is 6.42. The topological polar surface area (TPSA) is 67.2 Å². The summed E-state index contributed by atoms with van der Waals surface area (Å²) in [5, 5.41) is 3.91. The average Bonchev–Trinajstić information content (AvgIpc) is 3.16. The number of nitrogens with two attached hydrogens (primary N) is 1. The van der Waals surface area contributed by atoms with Crippen LogP contribution in [-0.2, 0) is 18.4 Å². The molecule has 0 saturated heterocycles. The maximum absolute atomic E-state index is 11.8. The summed E-state index contributed by atoms with van der Waals surface area (Å²) in [6, 6.07) is 12.5. The van der Waals surface area contributed by atoms with E-state index in [2.05, 4.69) is 81.8 Å². The van der Waals surface area contributed by atoms with E-state index in [0.29, 0.717) is 29.6 Å². The van der Waals surface area contributed by atoms with E-state index in [9.17, 15) is 4.79 Å². The number of carbonyl (C=O) groups is 1. The minimum absolute atomic E-state index is 0.0628. The fourth-order valence-electron chi connectivity index (χ4n) is 4.60. The number of allylic oxidation sites excluding steroid dienone is 2. The zero-order chi connectivity index (χ0) is 27.5. The Labute approximate surface area is 236 Å². The summed E-state index contributed by atoms with van der Waals surface area (Å²) in [6.07, 6.45) is 11.6. The van der Waals surface area contributed by atoms with Gasteiger partial charge >= 0.3 is 0 Å². The first-order valence-electron chi connectivity index (χ1n) is 13.4. The second-order valence-electron chi connectivity index (χ2n) is 9.26. The number of nitrogens with zero attached hydrogens (tertiary/aromatic N) is 3. The van der Waals surface area contributed by atoms with Crippen molar-refractivity contribution in [3.05, 3.63) is 70.0 Å². The van der Waals surface area contributed by atoms with Crippen molar-refractivity contribution >= 4 is 58.0 Å². The Morgan fingerprint density at radius 1 is 1.03 bits per heavy atom. The van der Waals surface area contributed by atoms with E-state index >= 15 is 0 Å². The fraction of sp³-hybridized carbons (Fsp3) is 0.400. The number of halogens is 2. The molecule has 0 radical (unpaired) electrons. The van der Waals surface area contributed by atoms with Gasteiger partial charge in [-0.05, 0) is 50.8 Å². The van der Waals surface area contributed by atoms with Crippen LogP contribution in [0, 0.1) is 0 Å². The molecule has 3 aromatic rings. The molecule has 0 aliphatic carbocycles. The summed E-state index contributed by atoms with van der Waals surface area (Å²) in [6.45, 7) is 8.15. The van der Waals surface area contributed by atoms with Gasteiger partial charge in [0.15, 0.2) is 11.0 Å². The molecule has 0 bridgehead atoms. The highest BCUT2D eigenvalue weighted by Gasteiger charge is 2.22. The molecular weight excluding hydrogens is 517 g/mol. The van der Waals surface area contributed by atoms with Gasteiger partial charge in [0.05, 0.1) is 23.6 Å². The zero-order valence-electron chi connectivity index (χ0n) is 22.7. The second-order valence-corrected chi connectivity index (χ2v) is 10.1. The van der Waals surface area contributed by atoms with Gasteiger partial charge in [0.1, 0.15) is 0 Å². The number of carbonyl (C=O) groups excluding carboxylic acids is 1. The van der Waals surface area contributed by atoms with Gasteiger partial charge in [0, 0.05) is 56.5 Å². The predicted molar refractivity (Wildman–Crippen MR) is 162 cm³/mol. The molecule has 0 aliphatic heterocycles. The largest absolute Gasteiger partial charge is 0.372 e. The molecule has 204 valence electrons. The van der Waals surface area contributed by atoms with Crippen molar-refractivity contribution in [2.24, 2.45) is 12.8 Å². The number of fused-ring (bicyclic) bond motifs is 1. The lowest BCUT2D eigenvalue weighted by molar-refractivity contribution is -0.647. The van der Waals surface area contributed by atoms with Crippen LogP contribution in [0.25, 0.3) is 23.2 Å². The first-order valence-corrected chi connectivity index (χ1v) is 14.2. The highest BCUT2D eigenvalue weighted by atomic mass is 35.5. The van der Waals surface area contributed by atoms with Crippen molar-refractivity contribution in [2.45, 2.75) is 46.1 Å². The Morgan fingerprint density at radius 2 is 1.71 bits per heavy atom. The summed E-state index contributed by atoms with van der Waals surface area (Å²) in [5.41, 5.74) is 9.91. The number of rotatable bonds is 14. The standard InChI is InChI=1S/C30H39Cl2N5O/c1-4-36(5-2)24-16-14-23(15-17-24)11-8-9-13-30-35(3)27-21-25(31)26(32)22-28(27)37(30)20-10-6-7-12-29(38)34-19-18-33/h8-9,11,13-17,21-22H,4-7,10,12,18-20,33H2,1-3H3/p+1. The lowest BCUT2D eigenvalue weighted by Gasteiger charge is -2.20. The predicted octanol–water partition coefficient (Wildman–Crippen LogP) is 5.98. The van der Waals surface area contributed by atoms with Crippen LogP contribution < -0.4 is 20.5 Å². The Balaban J connectivity index is 1.74. The zero-order valence-corrected chi connectivity index (χ0v) is 24.2. The molecular formula is C30H40Cl2N5O+. The van der Waals surface area contributed by atoms with Crippen molar-refractivity contribution in [1.82, 2.24) is 9.88 Å². The number of hydrogen-bond acceptors (Lipinski definition) is 3. The maximum atomic E-state index is 11.8. The van der Waals surface area contributed by atoms with Gasteiger partial charge in [-0.25, -0.2) is 9.13 Å². The van der Waals surface area contributed by atoms with E-state index in [0.717, 1.165) is 61.3 Å². The van der Waals surface area contributed by atoms with Crippen LogP contribution in [0.5, 0.6) is 0 Å². The van der Waals surface area contributed by atoms with Crippen molar-refractivity contribution < 1.29 is 9.36 Å². The monoisotopic (exact) mass is 556 g/mol. The minimum atomic E-state index is 0.0628. The first kappa shape index (κ1) is 29.8. The SMILES string of the molecule is CCN(CC)c1ccc(/C=C/C=C/c2n(CCCCCC(=O)NCCN)c3cc(Cl)c(Cl)cc3[n+]2C)cc1. The Hall–Kier alpha value is -2.80. The third-order valence-corrected chi connectivity index (χ3v) is 7.43. The number of unbranched alkanes of at least 4 members (excludes halogenated alkanes) is 2. The molecule has 0 saturated carbocycles. The third-order valence-electron chi connectivity index (χ3n) is 6.71. The summed E-state index contributed by atoms with van der Waals surface area (Å²) in [7, 11) is 2.04. The molecule has 0 atom stereocenters. The molecule has 0 aliphatic rings. The molecule has 3 rings (SSSR count). The number of aromatic nitrogens is 2. The fourth-order valence-corrected chi connectivity index (χ4v) is 4.92. The molecule has 0 unspecified atom stereocenters. The second kappa shape index (κ2) is 15.0. The Kier molecular flexibility index (Phi) is 11.7. The van der Waals surface area contributed by atoms with Gasteiger partial charge in [-0.2, -0.15) is 0 Å². The lowest BCUT2D eigenvalue weighted by atomic mass is 10.1. The van der Waals surface area contributed by atoms with E-state index < -0.39 is 0 Å². The van der Waals surface area contributed by atoms with E-state index in [1.807, 2.05) is 19.2 Å². The maximum Gasteiger partial charge on any atom is 0.282 e. The van der Waals surface area contributed by atoms with E-state index in [1.165, 1.54) is 5.69 Å². The molecule has 1 amide bonds. The summed E-state index contributed by atoms with van der Waals surface area (Å²) < 4.78 is 4.41. The van der Waals surface area contributed by atoms with E-state index in [4.69, 9.17) is 28.9 Å². The smallest absolute Gasteiger partial charge is 0.282 e. The lowest BCUT2D eigenvalue weighted by Crippen LogP contribution is -2.31. The van der Waals surface area contributed by atoms with Gasteiger partial charge in [0.25, 0.3) is 5.82 Å². The van der Waals surface area contributed by atoms with Gasteiger partial charge < -0.3 is 16.0 Å². The van der Waals surface area contributed by atoms with Gasteiger partial charge in [-0.1, -0.05) is 53.6 Å². The molecule has 6 nitrogen and oxygen atoms in total. The number of imidazole rings is 1. The Morgan fingerprint density at radius 3 is 2.39 bits per heavy atom. The average molecular weight is 558 g/mol. The van der Waals surface area contributed by atoms with Crippen LogP contribution in [0.1, 0.15) is 50.9 Å². The molecule has 1 aromatic heterocycles. The molecule has 8 heteroatoms. The van der Waals surface area contributed by atoms with Gasteiger partial charge in [0.2, 0.25) is 5.91 Å². The molecule has 38 heavy (non-hydrogen) atoms. The van der Waals surface area contributed by atoms with Crippen molar-refractivity contribution in [3.63, 3.8) is 0 Å². The van der Waals surface area contributed by atoms with Crippen LogP contribution in [0.15, 0.2) is 48.6 Å². The molecule has 0 spiro atoms. The van der Waals surface area contributed by atoms with Crippen molar-refractivity contribution in [3.8, 4) is 0 Å². The van der Waals surface area contributed by atoms with Gasteiger partial charge in [-0.15, -0.1) is 0 Å². The van der Waals surface area contributed by atoms with Crippen LogP contribution >= 0.6 is 23.2 Å². The van der Waals surface area contributed by atoms with Crippen molar-refractivity contribution in [1.29, 1.82) is 0 Å². The number of aryl methyl sites for hydroxylation is 2. The third kappa shape index (κ3) is 7.85. The normalized spacial score (nSPS) is 11.7.